The first-order chi connectivity index (χ1) is 29.0. The lowest BCUT2D eigenvalue weighted by molar-refractivity contribution is 0.0907. The minimum Gasteiger partial charge on any atom is -0.449 e. The van der Waals surface area contributed by atoms with Crippen molar-refractivity contribution in [3.63, 3.8) is 0 Å². The molecule has 7 aromatic rings. The van der Waals surface area contributed by atoms with E-state index in [2.05, 4.69) is 0 Å². The van der Waals surface area contributed by atoms with Crippen LogP contribution in [0.4, 0.5) is 4.39 Å². The van der Waals surface area contributed by atoms with E-state index in [0.29, 0.717) is 68.0 Å². The van der Waals surface area contributed by atoms with Crippen molar-refractivity contribution >= 4 is 55.6 Å². The summed E-state index contributed by atoms with van der Waals surface area (Å²) in [6.45, 7) is 5.99. The first-order valence-corrected chi connectivity index (χ1v) is 22.5. The summed E-state index contributed by atoms with van der Waals surface area (Å²) < 4.78 is 64.0. The van der Waals surface area contributed by atoms with Crippen molar-refractivity contribution in [2.75, 3.05) is 26.5 Å². The number of alkyl halides is 1. The average molecular weight is 868 g/mol. The van der Waals surface area contributed by atoms with Crippen molar-refractivity contribution in [1.29, 1.82) is 0 Å². The zero-order chi connectivity index (χ0) is 42.5. The molecule has 0 aliphatic rings. The Balaban J connectivity index is 0.000000213. The minimum absolute atomic E-state index is 0.00232. The van der Waals surface area contributed by atoms with Crippen molar-refractivity contribution in [2.24, 2.45) is 0 Å². The van der Waals surface area contributed by atoms with Gasteiger partial charge >= 0.3 is 0 Å². The normalized spacial score (nSPS) is 11.5. The third-order valence-electron chi connectivity index (χ3n) is 9.28. The van der Waals surface area contributed by atoms with Gasteiger partial charge in [-0.05, 0) is 79.4 Å². The molecular formula is C47H45FO9S3. The Morgan fingerprint density at radius 3 is 1.45 bits per heavy atom. The van der Waals surface area contributed by atoms with E-state index in [1.54, 1.807) is 44.2 Å². The quantitative estimate of drug-likeness (QED) is 0.0494. The third-order valence-corrected chi connectivity index (χ3v) is 12.9. The summed E-state index contributed by atoms with van der Waals surface area (Å²) in [6, 6.07) is 37.0. The number of aryl methyl sites for hydroxylation is 1. The van der Waals surface area contributed by atoms with Gasteiger partial charge in [-0.1, -0.05) is 114 Å². The van der Waals surface area contributed by atoms with E-state index in [9.17, 15) is 22.4 Å². The van der Waals surface area contributed by atoms with Crippen LogP contribution < -0.4 is 10.9 Å². The maximum absolute atomic E-state index is 12.6. The minimum atomic E-state index is -3.78. The maximum Gasteiger partial charge on any atom is 0.297 e. The van der Waals surface area contributed by atoms with Gasteiger partial charge in [0.25, 0.3) is 10.1 Å². The first-order valence-electron chi connectivity index (χ1n) is 19.2. The van der Waals surface area contributed by atoms with Crippen molar-refractivity contribution in [1.82, 2.24) is 0 Å². The van der Waals surface area contributed by atoms with Gasteiger partial charge in [-0.3, -0.25) is 13.8 Å². The fourth-order valence-corrected chi connectivity index (χ4v) is 8.66. The first kappa shape index (κ1) is 44.5. The number of thioether (sulfide) groups is 2. The highest BCUT2D eigenvalue weighted by atomic mass is 32.2. The molecule has 13 heteroatoms. The Labute approximate surface area is 357 Å². The molecule has 312 valence electrons. The summed E-state index contributed by atoms with van der Waals surface area (Å²) in [6.07, 6.45) is 0. The van der Waals surface area contributed by atoms with E-state index in [1.807, 2.05) is 85.8 Å². The van der Waals surface area contributed by atoms with Crippen LogP contribution in [0.15, 0.2) is 155 Å². The van der Waals surface area contributed by atoms with Crippen LogP contribution in [-0.2, 0) is 48.5 Å². The van der Waals surface area contributed by atoms with Crippen molar-refractivity contribution in [2.45, 2.75) is 60.6 Å². The second-order valence-electron chi connectivity index (χ2n) is 13.8. The smallest absolute Gasteiger partial charge is 0.297 e. The van der Waals surface area contributed by atoms with Crippen LogP contribution in [0.2, 0.25) is 0 Å². The van der Waals surface area contributed by atoms with Crippen LogP contribution in [0, 0.1) is 20.8 Å². The van der Waals surface area contributed by atoms with Crippen molar-refractivity contribution in [3.8, 4) is 0 Å². The summed E-state index contributed by atoms with van der Waals surface area (Å²) in [5, 5.41) is 2.49. The number of rotatable bonds is 17. The molecule has 2 aromatic heterocycles. The predicted octanol–water partition coefficient (Wildman–Crippen LogP) is 10.5. The van der Waals surface area contributed by atoms with Crippen LogP contribution in [0.3, 0.4) is 0 Å². The zero-order valence-electron chi connectivity index (χ0n) is 33.5. The van der Waals surface area contributed by atoms with Gasteiger partial charge in [0.2, 0.25) is 0 Å². The number of benzene rings is 5. The Morgan fingerprint density at radius 2 is 0.983 bits per heavy atom. The van der Waals surface area contributed by atoms with E-state index in [1.165, 1.54) is 35.7 Å². The molecule has 0 saturated heterocycles. The van der Waals surface area contributed by atoms with Gasteiger partial charge in [-0.2, -0.15) is 8.42 Å². The summed E-state index contributed by atoms with van der Waals surface area (Å²) in [4.78, 5) is 25.1. The standard InChI is InChI=1S/C27H26O6S2.C20H19FO3S/c1-19-7-13-23(14-8-19)35(29,30)32-16-15-31-17-21-9-11-22(12-10-21)18-34-27-20(2)26(28)24-5-3-4-6-25(24)33-27;1-14-19(22)17-4-2-3-5-18(17)24-20(14)25-13-16-8-6-15(7-9-16)12-23-11-10-21/h3-14H,15-18H2,1-2H3;2-9H,10-13H2,1H3/i;21-1. The molecule has 0 bridgehead atoms. The van der Waals surface area contributed by atoms with Gasteiger partial charge in [-0.15, -0.1) is 0 Å². The third kappa shape index (κ3) is 12.1. The molecule has 0 aliphatic carbocycles. The molecule has 0 unspecified atom stereocenters. The molecule has 9 nitrogen and oxygen atoms in total. The molecule has 7 rings (SSSR count). The number of hydrogen-bond donors (Lipinski definition) is 0. The molecule has 60 heavy (non-hydrogen) atoms. The topological polar surface area (TPSA) is 122 Å². The van der Waals surface area contributed by atoms with Gasteiger partial charge in [0, 0.05) is 22.6 Å². The molecule has 2 heterocycles. The van der Waals surface area contributed by atoms with Crippen LogP contribution in [0.1, 0.15) is 38.9 Å². The van der Waals surface area contributed by atoms with Crippen LogP contribution in [0.25, 0.3) is 21.9 Å². The monoisotopic (exact) mass is 867 g/mol. The fraction of sp³-hybridized carbons (Fsp3) is 0.234. The lowest BCUT2D eigenvalue weighted by Gasteiger charge is -2.08. The second kappa shape index (κ2) is 21.5. The van der Waals surface area contributed by atoms with Crippen molar-refractivity contribution in [3.05, 3.63) is 181 Å². The Morgan fingerprint density at radius 1 is 0.550 bits per heavy atom. The van der Waals surface area contributed by atoms with Crippen LogP contribution in [-0.4, -0.2) is 34.9 Å². The summed E-state index contributed by atoms with van der Waals surface area (Å²) >= 11 is 3.00. The van der Waals surface area contributed by atoms with Gasteiger partial charge in [0.05, 0.1) is 48.7 Å². The highest BCUT2D eigenvalue weighted by Crippen LogP contribution is 2.29. The van der Waals surface area contributed by atoms with Gasteiger partial charge in [0.15, 0.2) is 21.0 Å². The predicted molar refractivity (Wildman–Crippen MR) is 236 cm³/mol. The average Bonchev–Trinajstić information content (AvgIpc) is 3.26. The molecule has 5 aromatic carbocycles. The second-order valence-corrected chi connectivity index (χ2v) is 17.3. The molecule has 0 aliphatic heterocycles. The summed E-state index contributed by atoms with van der Waals surface area (Å²) in [7, 11) is -3.78. The Kier molecular flexibility index (Phi) is 15.9. The van der Waals surface area contributed by atoms with E-state index in [-0.39, 0.29) is 35.6 Å². The molecule has 0 N–H and O–H groups in total. The molecular weight excluding hydrogens is 823 g/mol. The molecule has 0 radical (unpaired) electrons. The van der Waals surface area contributed by atoms with Gasteiger partial charge in [-0.25, -0.2) is 4.39 Å². The molecule has 0 spiro atoms. The molecule has 0 fully saturated rings. The van der Waals surface area contributed by atoms with E-state index in [4.69, 9.17) is 22.5 Å². The summed E-state index contributed by atoms with van der Waals surface area (Å²) in [5.74, 6) is 1.36. The number of ether oxygens (including phenoxy) is 2. The summed E-state index contributed by atoms with van der Waals surface area (Å²) in [5.41, 5.74) is 7.63. The number of halogens is 1. The number of para-hydroxylation sites is 2. The van der Waals surface area contributed by atoms with Gasteiger partial charge in [0.1, 0.15) is 17.8 Å². The van der Waals surface area contributed by atoms with E-state index < -0.39 is 16.8 Å². The van der Waals surface area contributed by atoms with Crippen LogP contribution in [0.5, 0.6) is 0 Å². The SMILES string of the molecule is Cc1c(SCc2ccc(COCC[18F])cc2)oc2ccccc2c1=O.Cc1ccc(S(=O)(=O)OCCOCc2ccc(CSc3oc4ccccc4c(=O)c3C)cc2)cc1. The highest BCUT2D eigenvalue weighted by Gasteiger charge is 2.15. The van der Waals surface area contributed by atoms with Gasteiger partial charge < -0.3 is 18.3 Å². The molecule has 0 amide bonds. The molecule has 0 atom stereocenters. The van der Waals surface area contributed by atoms with Crippen molar-refractivity contribution < 1.29 is 35.3 Å². The zero-order valence-corrected chi connectivity index (χ0v) is 35.9. The number of fused-ring (bicyclic) bond motifs is 2. The lowest BCUT2D eigenvalue weighted by Crippen LogP contribution is -2.11. The highest BCUT2D eigenvalue weighted by molar-refractivity contribution is 7.98. The van der Waals surface area contributed by atoms with E-state index in [0.717, 1.165) is 27.8 Å². The number of hydrogen-bond acceptors (Lipinski definition) is 11. The Bertz CT molecular complexity index is 2730. The van der Waals surface area contributed by atoms with E-state index >= 15 is 0 Å². The maximum atomic E-state index is 12.6. The Hall–Kier alpha value is -5.02. The lowest BCUT2D eigenvalue weighted by atomic mass is 10.2. The molecule has 0 saturated carbocycles. The van der Waals surface area contributed by atoms with Crippen LogP contribution >= 0.6 is 23.5 Å². The fourth-order valence-electron chi connectivity index (χ4n) is 5.88. The largest absolute Gasteiger partial charge is 0.449 e.